The van der Waals surface area contributed by atoms with Gasteiger partial charge in [-0.3, -0.25) is 4.79 Å². The Morgan fingerprint density at radius 2 is 1.88 bits per heavy atom. The number of rotatable bonds is 9. The van der Waals surface area contributed by atoms with E-state index >= 15 is 0 Å². The highest BCUT2D eigenvalue weighted by molar-refractivity contribution is 7.10. The summed E-state index contributed by atoms with van der Waals surface area (Å²) in [4.78, 5) is 13.0. The predicted molar refractivity (Wildman–Crippen MR) is 130 cm³/mol. The minimum atomic E-state index is -0.149. The van der Waals surface area contributed by atoms with E-state index in [2.05, 4.69) is 34.8 Å². The van der Waals surface area contributed by atoms with Gasteiger partial charge in [0.25, 0.3) is 0 Å². The van der Waals surface area contributed by atoms with Crippen LogP contribution < -0.4 is 14.9 Å². The molecule has 0 unspecified atom stereocenters. The molecule has 0 radical (unpaired) electrons. The zero-order valence-corrected chi connectivity index (χ0v) is 18.6. The molecule has 3 aromatic carbocycles. The number of carbonyl (C=O) groups excluding carboxylic acids is 1. The standard InChI is InChI=1S/C26H24N2O3S/c1-2-30-25-15-19(17-27-28-26(29)16-22-10-6-14-32-22)12-13-24(25)31-18-21-9-5-8-20-7-3-4-11-23(20)21/h3-15,17H,2,16,18H2,1H3,(H,28,29)/b27-17-. The Morgan fingerprint density at radius 3 is 2.72 bits per heavy atom. The van der Waals surface area contributed by atoms with Crippen molar-refractivity contribution in [1.29, 1.82) is 0 Å². The van der Waals surface area contributed by atoms with Crippen LogP contribution >= 0.6 is 11.3 Å². The van der Waals surface area contributed by atoms with E-state index in [1.54, 1.807) is 17.6 Å². The summed E-state index contributed by atoms with van der Waals surface area (Å²) in [5.41, 5.74) is 4.49. The van der Waals surface area contributed by atoms with Gasteiger partial charge in [0.05, 0.1) is 19.2 Å². The maximum absolute atomic E-state index is 12.0. The average molecular weight is 445 g/mol. The first-order valence-corrected chi connectivity index (χ1v) is 11.3. The number of nitrogens with zero attached hydrogens (tertiary/aromatic N) is 1. The lowest BCUT2D eigenvalue weighted by atomic mass is 10.1. The lowest BCUT2D eigenvalue weighted by Crippen LogP contribution is -2.19. The molecule has 32 heavy (non-hydrogen) atoms. The van der Waals surface area contributed by atoms with Crippen molar-refractivity contribution in [2.24, 2.45) is 5.10 Å². The molecule has 4 rings (SSSR count). The summed E-state index contributed by atoms with van der Waals surface area (Å²) >= 11 is 1.55. The number of nitrogens with one attached hydrogen (secondary N) is 1. The Bertz CT molecular complexity index is 1210. The number of fused-ring (bicyclic) bond motifs is 1. The van der Waals surface area contributed by atoms with E-state index < -0.39 is 0 Å². The van der Waals surface area contributed by atoms with Crippen molar-refractivity contribution in [3.05, 3.63) is 94.2 Å². The molecule has 0 saturated carbocycles. The molecule has 0 atom stereocenters. The molecule has 0 aliphatic carbocycles. The maximum Gasteiger partial charge on any atom is 0.245 e. The fraction of sp³-hybridized carbons (Fsp3) is 0.154. The van der Waals surface area contributed by atoms with Crippen molar-refractivity contribution >= 4 is 34.2 Å². The molecule has 5 nitrogen and oxygen atoms in total. The largest absolute Gasteiger partial charge is 0.490 e. The minimum Gasteiger partial charge on any atom is -0.490 e. The molecule has 0 aliphatic rings. The Labute approximate surface area is 191 Å². The lowest BCUT2D eigenvalue weighted by molar-refractivity contribution is -0.120. The summed E-state index contributed by atoms with van der Waals surface area (Å²) in [6.45, 7) is 2.89. The molecular weight excluding hydrogens is 420 g/mol. The summed E-state index contributed by atoms with van der Waals surface area (Å²) in [5, 5.41) is 8.38. The highest BCUT2D eigenvalue weighted by Gasteiger charge is 2.08. The summed E-state index contributed by atoms with van der Waals surface area (Å²) in [6.07, 6.45) is 1.92. The molecule has 0 bridgehead atoms. The first-order chi connectivity index (χ1) is 15.7. The van der Waals surface area contributed by atoms with Crippen LogP contribution in [0.2, 0.25) is 0 Å². The van der Waals surface area contributed by atoms with Gasteiger partial charge in [0, 0.05) is 4.88 Å². The minimum absolute atomic E-state index is 0.149. The third kappa shape index (κ3) is 5.53. The monoisotopic (exact) mass is 444 g/mol. The van der Waals surface area contributed by atoms with E-state index in [9.17, 15) is 4.79 Å². The van der Waals surface area contributed by atoms with Gasteiger partial charge in [-0.2, -0.15) is 5.10 Å². The van der Waals surface area contributed by atoms with Gasteiger partial charge in [-0.1, -0.05) is 48.5 Å². The van der Waals surface area contributed by atoms with Gasteiger partial charge >= 0.3 is 0 Å². The van der Waals surface area contributed by atoms with Crippen LogP contribution in [0.15, 0.2) is 83.3 Å². The van der Waals surface area contributed by atoms with E-state index in [4.69, 9.17) is 9.47 Å². The first kappa shape index (κ1) is 21.6. The first-order valence-electron chi connectivity index (χ1n) is 10.4. The predicted octanol–water partition coefficient (Wildman–Crippen LogP) is 5.57. The van der Waals surface area contributed by atoms with Gasteiger partial charge in [0.15, 0.2) is 11.5 Å². The summed E-state index contributed by atoms with van der Waals surface area (Å²) in [7, 11) is 0. The van der Waals surface area contributed by atoms with E-state index in [1.165, 1.54) is 10.8 Å². The van der Waals surface area contributed by atoms with E-state index in [-0.39, 0.29) is 5.91 Å². The van der Waals surface area contributed by atoms with Crippen LogP contribution in [0.25, 0.3) is 10.8 Å². The van der Waals surface area contributed by atoms with Gasteiger partial charge in [-0.25, -0.2) is 5.43 Å². The van der Waals surface area contributed by atoms with E-state index in [1.807, 2.05) is 60.8 Å². The quantitative estimate of drug-likeness (QED) is 0.271. The van der Waals surface area contributed by atoms with Gasteiger partial charge in [-0.15, -0.1) is 11.3 Å². The van der Waals surface area contributed by atoms with Gasteiger partial charge in [0.1, 0.15) is 6.61 Å². The van der Waals surface area contributed by atoms with Crippen molar-refractivity contribution < 1.29 is 14.3 Å². The number of benzene rings is 3. The number of thiophene rings is 1. The van der Waals surface area contributed by atoms with Crippen LogP contribution in [0.1, 0.15) is 22.9 Å². The second-order valence-electron chi connectivity index (χ2n) is 7.12. The van der Waals surface area contributed by atoms with Crippen molar-refractivity contribution in [2.75, 3.05) is 6.61 Å². The Morgan fingerprint density at radius 1 is 1.00 bits per heavy atom. The van der Waals surface area contributed by atoms with Crippen LogP contribution in [-0.4, -0.2) is 18.7 Å². The highest BCUT2D eigenvalue weighted by Crippen LogP contribution is 2.30. The molecule has 6 heteroatoms. The summed E-state index contributed by atoms with van der Waals surface area (Å²) in [6, 6.07) is 23.9. The zero-order chi connectivity index (χ0) is 22.2. The summed E-state index contributed by atoms with van der Waals surface area (Å²) < 4.78 is 11.9. The Balaban J connectivity index is 1.42. The normalized spacial score (nSPS) is 11.0. The average Bonchev–Trinajstić information content (AvgIpc) is 3.32. The molecule has 1 aromatic heterocycles. The molecule has 0 spiro atoms. The Kier molecular flexibility index (Phi) is 7.15. The molecule has 4 aromatic rings. The summed E-state index contributed by atoms with van der Waals surface area (Å²) in [5.74, 6) is 1.16. The molecule has 0 aliphatic heterocycles. The third-order valence-electron chi connectivity index (χ3n) is 4.85. The van der Waals surface area contributed by atoms with E-state index in [0.29, 0.717) is 31.1 Å². The van der Waals surface area contributed by atoms with Crippen molar-refractivity contribution in [2.45, 2.75) is 20.0 Å². The highest BCUT2D eigenvalue weighted by atomic mass is 32.1. The number of hydrogen-bond acceptors (Lipinski definition) is 5. The van der Waals surface area contributed by atoms with Gasteiger partial charge < -0.3 is 9.47 Å². The van der Waals surface area contributed by atoms with Gasteiger partial charge in [-0.05, 0) is 58.5 Å². The molecule has 0 saturated heterocycles. The second-order valence-corrected chi connectivity index (χ2v) is 8.15. The zero-order valence-electron chi connectivity index (χ0n) is 17.8. The van der Waals surface area contributed by atoms with E-state index in [0.717, 1.165) is 16.0 Å². The molecule has 1 amide bonds. The second kappa shape index (κ2) is 10.6. The number of amides is 1. The van der Waals surface area contributed by atoms with Crippen molar-refractivity contribution in [3.63, 3.8) is 0 Å². The maximum atomic E-state index is 12.0. The molecule has 162 valence electrons. The van der Waals surface area contributed by atoms with Crippen molar-refractivity contribution in [1.82, 2.24) is 5.43 Å². The number of hydrogen-bond donors (Lipinski definition) is 1. The lowest BCUT2D eigenvalue weighted by Gasteiger charge is -2.13. The smallest absolute Gasteiger partial charge is 0.245 e. The van der Waals surface area contributed by atoms with Gasteiger partial charge in [0.2, 0.25) is 5.91 Å². The van der Waals surface area contributed by atoms with Crippen LogP contribution in [0.3, 0.4) is 0 Å². The molecule has 1 N–H and O–H groups in total. The SMILES string of the molecule is CCOc1cc(/C=N\NC(=O)Cc2cccs2)ccc1OCc1cccc2ccccc12. The van der Waals surface area contributed by atoms with Crippen LogP contribution in [0, 0.1) is 0 Å². The molecular formula is C26H24N2O3S. The van der Waals surface area contributed by atoms with Crippen LogP contribution in [0.4, 0.5) is 0 Å². The molecule has 1 heterocycles. The Hall–Kier alpha value is -3.64. The number of carbonyl (C=O) groups is 1. The van der Waals surface area contributed by atoms with Crippen LogP contribution in [0.5, 0.6) is 11.5 Å². The fourth-order valence-corrected chi connectivity index (χ4v) is 4.06. The topological polar surface area (TPSA) is 59.9 Å². The number of hydrazone groups is 1. The fourth-order valence-electron chi connectivity index (χ4n) is 3.36. The molecule has 0 fully saturated rings. The third-order valence-corrected chi connectivity index (χ3v) is 5.72. The van der Waals surface area contributed by atoms with Crippen LogP contribution in [-0.2, 0) is 17.8 Å². The van der Waals surface area contributed by atoms with Crippen molar-refractivity contribution in [3.8, 4) is 11.5 Å². The number of ether oxygens (including phenoxy) is 2.